The first kappa shape index (κ1) is 12.2. The van der Waals surface area contributed by atoms with Gasteiger partial charge in [-0.2, -0.15) is 4.31 Å². The molecule has 0 radical (unpaired) electrons. The molecule has 0 aromatic carbocycles. The zero-order chi connectivity index (χ0) is 12.9. The maximum Gasteiger partial charge on any atom is 0.245 e. The van der Waals surface area contributed by atoms with Gasteiger partial charge in [0.1, 0.15) is 0 Å². The van der Waals surface area contributed by atoms with Crippen LogP contribution in [0.2, 0.25) is 0 Å². The molecule has 2 aliphatic heterocycles. The van der Waals surface area contributed by atoms with E-state index in [1.165, 1.54) is 0 Å². The van der Waals surface area contributed by atoms with E-state index < -0.39 is 10.0 Å². The van der Waals surface area contributed by atoms with E-state index in [2.05, 4.69) is 5.32 Å². The molecule has 2 saturated heterocycles. The van der Waals surface area contributed by atoms with Crippen molar-refractivity contribution in [3.63, 3.8) is 0 Å². The number of rotatable bonds is 2. The van der Waals surface area contributed by atoms with Gasteiger partial charge in [-0.25, -0.2) is 8.42 Å². The highest BCUT2D eigenvalue weighted by molar-refractivity contribution is 7.89. The van der Waals surface area contributed by atoms with Crippen molar-refractivity contribution in [1.29, 1.82) is 0 Å². The van der Waals surface area contributed by atoms with Gasteiger partial charge in [0, 0.05) is 38.1 Å². The van der Waals surface area contributed by atoms with Gasteiger partial charge >= 0.3 is 0 Å². The molecule has 2 fully saturated rings. The molecule has 3 unspecified atom stereocenters. The van der Waals surface area contributed by atoms with Crippen LogP contribution in [0, 0.1) is 5.92 Å². The normalized spacial score (nSPS) is 32.9. The summed E-state index contributed by atoms with van der Waals surface area (Å²) in [4.78, 5) is 0.407. The van der Waals surface area contributed by atoms with Crippen LogP contribution < -0.4 is 5.32 Å². The van der Waals surface area contributed by atoms with Gasteiger partial charge in [-0.1, -0.05) is 0 Å². The second-order valence-corrected chi connectivity index (χ2v) is 7.26. The molecule has 3 atom stereocenters. The average Bonchev–Trinajstić information content (AvgIpc) is 2.92. The number of hydrogen-bond acceptors (Lipinski definition) is 3. The highest BCUT2D eigenvalue weighted by atomic mass is 32.2. The third-order valence-corrected chi connectivity index (χ3v) is 6.11. The van der Waals surface area contributed by atoms with E-state index in [0.717, 1.165) is 19.5 Å². The maximum atomic E-state index is 12.7. The Morgan fingerprint density at radius 2 is 2.17 bits per heavy atom. The molecule has 18 heavy (non-hydrogen) atoms. The topological polar surface area (TPSA) is 54.3 Å². The number of hydrogen-bond donors (Lipinski definition) is 1. The van der Waals surface area contributed by atoms with Gasteiger partial charge < -0.3 is 9.88 Å². The molecular weight excluding hydrogens is 250 g/mol. The van der Waals surface area contributed by atoms with Crippen molar-refractivity contribution in [3.05, 3.63) is 18.5 Å². The van der Waals surface area contributed by atoms with E-state index >= 15 is 0 Å². The number of fused-ring (bicyclic) bond motifs is 1. The zero-order valence-corrected chi connectivity index (χ0v) is 11.5. The molecule has 0 bridgehead atoms. The lowest BCUT2D eigenvalue weighted by Crippen LogP contribution is -2.42. The monoisotopic (exact) mass is 269 g/mol. The highest BCUT2D eigenvalue weighted by Gasteiger charge is 2.47. The molecule has 2 aliphatic rings. The van der Waals surface area contributed by atoms with Crippen molar-refractivity contribution in [2.45, 2.75) is 30.3 Å². The molecule has 100 valence electrons. The number of nitrogens with zero attached hydrogens (tertiary/aromatic N) is 2. The molecule has 3 heterocycles. The van der Waals surface area contributed by atoms with E-state index in [0.29, 0.717) is 10.8 Å². The molecular formula is C12H19N3O2S. The zero-order valence-electron chi connectivity index (χ0n) is 10.7. The minimum atomic E-state index is -3.35. The van der Waals surface area contributed by atoms with Gasteiger partial charge in [0.15, 0.2) is 0 Å². The van der Waals surface area contributed by atoms with E-state index in [9.17, 15) is 8.42 Å². The summed E-state index contributed by atoms with van der Waals surface area (Å²) in [6, 6.07) is 1.91. The van der Waals surface area contributed by atoms with Crippen LogP contribution in [0.15, 0.2) is 23.4 Å². The molecule has 5 nitrogen and oxygen atoms in total. The Morgan fingerprint density at radius 3 is 2.83 bits per heavy atom. The van der Waals surface area contributed by atoms with E-state index in [4.69, 9.17) is 0 Å². The molecule has 1 N–H and O–H groups in total. The predicted molar refractivity (Wildman–Crippen MR) is 68.7 cm³/mol. The van der Waals surface area contributed by atoms with Gasteiger partial charge in [0.25, 0.3) is 0 Å². The first-order valence-corrected chi connectivity index (χ1v) is 7.80. The van der Waals surface area contributed by atoms with Crippen LogP contribution in [0.25, 0.3) is 0 Å². The third kappa shape index (κ3) is 1.71. The molecule has 6 heteroatoms. The lowest BCUT2D eigenvalue weighted by molar-refractivity contribution is 0.335. The largest absolute Gasteiger partial charge is 0.356 e. The van der Waals surface area contributed by atoms with Gasteiger partial charge in [0.05, 0.1) is 4.90 Å². The Kier molecular flexibility index (Phi) is 2.76. The van der Waals surface area contributed by atoms with Crippen LogP contribution in [0.1, 0.15) is 13.3 Å². The van der Waals surface area contributed by atoms with E-state index in [-0.39, 0.29) is 12.1 Å². The van der Waals surface area contributed by atoms with Crippen LogP contribution >= 0.6 is 0 Å². The van der Waals surface area contributed by atoms with Crippen molar-refractivity contribution >= 4 is 10.0 Å². The SMILES string of the molecule is CC1CC2CNCC2N1S(=O)(=O)c1ccn(C)c1. The molecule has 0 spiro atoms. The summed E-state index contributed by atoms with van der Waals surface area (Å²) < 4.78 is 28.9. The smallest absolute Gasteiger partial charge is 0.245 e. The fourth-order valence-corrected chi connectivity index (χ4v) is 5.23. The lowest BCUT2D eigenvalue weighted by atomic mass is 10.0. The Morgan fingerprint density at radius 1 is 1.39 bits per heavy atom. The van der Waals surface area contributed by atoms with Crippen molar-refractivity contribution in [2.75, 3.05) is 13.1 Å². The quantitative estimate of drug-likeness (QED) is 0.845. The molecule has 1 aromatic rings. The van der Waals surface area contributed by atoms with Crippen LogP contribution in [-0.2, 0) is 17.1 Å². The molecule has 0 aliphatic carbocycles. The first-order valence-electron chi connectivity index (χ1n) is 6.36. The Balaban J connectivity index is 1.98. The molecule has 3 rings (SSSR count). The Bertz CT molecular complexity index is 551. The average molecular weight is 269 g/mol. The maximum absolute atomic E-state index is 12.7. The summed E-state index contributed by atoms with van der Waals surface area (Å²) in [6.07, 6.45) is 4.42. The Labute approximate surface area is 108 Å². The molecule has 0 amide bonds. The van der Waals surface area contributed by atoms with Gasteiger partial charge in [-0.15, -0.1) is 0 Å². The van der Waals surface area contributed by atoms with Crippen LogP contribution in [0.4, 0.5) is 0 Å². The number of aryl methyl sites for hydroxylation is 1. The fourth-order valence-electron chi connectivity index (χ4n) is 3.29. The summed E-state index contributed by atoms with van der Waals surface area (Å²) in [5.41, 5.74) is 0. The van der Waals surface area contributed by atoms with Crippen LogP contribution in [-0.4, -0.2) is 42.5 Å². The first-order chi connectivity index (χ1) is 8.50. The number of aromatic nitrogens is 1. The summed E-state index contributed by atoms with van der Waals surface area (Å²) in [7, 11) is -1.51. The van der Waals surface area contributed by atoms with Crippen molar-refractivity contribution in [1.82, 2.24) is 14.2 Å². The van der Waals surface area contributed by atoms with Crippen molar-refractivity contribution in [2.24, 2.45) is 13.0 Å². The minimum Gasteiger partial charge on any atom is -0.356 e. The second kappa shape index (κ2) is 4.08. The Hall–Kier alpha value is -0.850. The highest BCUT2D eigenvalue weighted by Crippen LogP contribution is 2.36. The number of sulfonamides is 1. The van der Waals surface area contributed by atoms with Gasteiger partial charge in [0.2, 0.25) is 10.0 Å². The lowest BCUT2D eigenvalue weighted by Gasteiger charge is -2.26. The second-order valence-electron chi connectivity index (χ2n) is 5.42. The van der Waals surface area contributed by atoms with Gasteiger partial charge in [-0.05, 0) is 31.9 Å². The molecule has 1 aromatic heterocycles. The number of nitrogens with one attached hydrogen (secondary N) is 1. The minimum absolute atomic E-state index is 0.104. The fraction of sp³-hybridized carbons (Fsp3) is 0.667. The predicted octanol–water partition coefficient (Wildman–Crippen LogP) is 0.396. The van der Waals surface area contributed by atoms with Gasteiger partial charge in [-0.3, -0.25) is 0 Å². The van der Waals surface area contributed by atoms with Crippen molar-refractivity contribution < 1.29 is 8.42 Å². The summed E-state index contributed by atoms with van der Waals surface area (Å²) in [5, 5.41) is 3.29. The van der Waals surface area contributed by atoms with E-state index in [1.54, 1.807) is 27.3 Å². The summed E-state index contributed by atoms with van der Waals surface area (Å²) in [6.45, 7) is 3.73. The van der Waals surface area contributed by atoms with Crippen molar-refractivity contribution in [3.8, 4) is 0 Å². The summed E-state index contributed by atoms with van der Waals surface area (Å²) >= 11 is 0. The van der Waals surface area contributed by atoms with E-state index in [1.807, 2.05) is 14.0 Å². The van der Waals surface area contributed by atoms with Crippen LogP contribution in [0.3, 0.4) is 0 Å². The molecule has 0 saturated carbocycles. The van der Waals surface area contributed by atoms with Crippen LogP contribution in [0.5, 0.6) is 0 Å². The standard InChI is InChI=1S/C12H19N3O2S/c1-9-5-10-6-13-7-12(10)15(9)18(16,17)11-3-4-14(2)8-11/h3-4,8-10,12-13H,5-7H2,1-2H3. The summed E-state index contributed by atoms with van der Waals surface area (Å²) in [5.74, 6) is 0.471. The third-order valence-electron chi connectivity index (χ3n) is 4.09.